The summed E-state index contributed by atoms with van der Waals surface area (Å²) >= 11 is 0.974. The van der Waals surface area contributed by atoms with Gasteiger partial charge in [-0.05, 0) is 24.6 Å². The van der Waals surface area contributed by atoms with Gasteiger partial charge in [-0.3, -0.25) is 0 Å². The zero-order valence-corrected chi connectivity index (χ0v) is 10.0. The Balaban J connectivity index is 2.38. The van der Waals surface area contributed by atoms with E-state index in [2.05, 4.69) is 14.1 Å². The van der Waals surface area contributed by atoms with Gasteiger partial charge in [-0.1, -0.05) is 6.92 Å². The highest BCUT2D eigenvalue weighted by Gasteiger charge is 2.14. The fourth-order valence-corrected chi connectivity index (χ4v) is 1.94. The van der Waals surface area contributed by atoms with E-state index in [1.165, 1.54) is 0 Å². The number of benzene rings is 1. The van der Waals surface area contributed by atoms with Crippen molar-refractivity contribution in [2.45, 2.75) is 13.3 Å². The van der Waals surface area contributed by atoms with E-state index in [1.54, 1.807) is 0 Å². The normalized spacial score (nSPS) is 10.5. The third-order valence-electron chi connectivity index (χ3n) is 2.21. The van der Waals surface area contributed by atoms with Crippen LogP contribution in [0.5, 0.6) is 0 Å². The molecule has 3 nitrogen and oxygen atoms in total. The summed E-state index contributed by atoms with van der Waals surface area (Å²) < 4.78 is 34.7. The zero-order valence-electron chi connectivity index (χ0n) is 9.20. The number of rotatable bonds is 4. The van der Waals surface area contributed by atoms with Gasteiger partial charge in [0.05, 0.1) is 11.7 Å². The molecule has 0 saturated carbocycles. The van der Waals surface area contributed by atoms with Gasteiger partial charge >= 0.3 is 0 Å². The average molecular weight is 255 g/mol. The fraction of sp³-hybridized carbons (Fsp3) is 0.273. The van der Waals surface area contributed by atoms with Gasteiger partial charge in [-0.25, -0.2) is 8.78 Å². The van der Waals surface area contributed by atoms with Crippen LogP contribution in [-0.2, 0) is 0 Å². The Morgan fingerprint density at radius 3 is 2.88 bits per heavy atom. The third-order valence-corrected chi connectivity index (χ3v) is 2.74. The molecule has 6 heteroatoms. The maximum atomic E-state index is 13.6. The van der Waals surface area contributed by atoms with E-state index in [9.17, 15) is 8.78 Å². The average Bonchev–Trinajstić information content (AvgIpc) is 2.77. The van der Waals surface area contributed by atoms with Crippen molar-refractivity contribution in [1.82, 2.24) is 8.75 Å². The Kier molecular flexibility index (Phi) is 3.63. The molecule has 0 atom stereocenters. The van der Waals surface area contributed by atoms with Crippen LogP contribution in [-0.4, -0.2) is 15.3 Å². The minimum atomic E-state index is -0.501. The Bertz CT molecular complexity index is 513. The second-order valence-electron chi connectivity index (χ2n) is 3.51. The summed E-state index contributed by atoms with van der Waals surface area (Å²) in [6.07, 6.45) is 0.919. The van der Waals surface area contributed by atoms with Gasteiger partial charge in [0.2, 0.25) is 0 Å². The Labute approximate surface area is 102 Å². The molecule has 0 amide bonds. The Morgan fingerprint density at radius 2 is 2.12 bits per heavy atom. The lowest BCUT2D eigenvalue weighted by molar-refractivity contribution is 0.603. The first-order valence-electron chi connectivity index (χ1n) is 5.24. The molecule has 0 aliphatic carbocycles. The Hall–Kier alpha value is -1.56. The van der Waals surface area contributed by atoms with Crippen molar-refractivity contribution in [3.63, 3.8) is 0 Å². The maximum absolute atomic E-state index is 13.6. The van der Waals surface area contributed by atoms with Crippen molar-refractivity contribution < 1.29 is 8.78 Å². The van der Waals surface area contributed by atoms with Crippen LogP contribution in [0.1, 0.15) is 13.3 Å². The minimum absolute atomic E-state index is 0.136. The van der Waals surface area contributed by atoms with E-state index in [0.717, 1.165) is 42.9 Å². The first-order valence-corrected chi connectivity index (χ1v) is 5.97. The smallest absolute Gasteiger partial charge is 0.168 e. The van der Waals surface area contributed by atoms with E-state index in [0.29, 0.717) is 11.5 Å². The predicted octanol–water partition coefficient (Wildman–Crippen LogP) is 3.31. The summed E-state index contributed by atoms with van der Waals surface area (Å²) in [4.78, 5) is 0. The molecule has 0 aliphatic rings. The van der Waals surface area contributed by atoms with Gasteiger partial charge in [0.25, 0.3) is 0 Å². The quantitative estimate of drug-likeness (QED) is 0.910. The van der Waals surface area contributed by atoms with Crippen molar-refractivity contribution in [1.29, 1.82) is 0 Å². The summed E-state index contributed by atoms with van der Waals surface area (Å²) in [5.74, 6) is -0.490. The van der Waals surface area contributed by atoms with Crippen LogP contribution in [0, 0.1) is 11.6 Å². The third kappa shape index (κ3) is 2.58. The molecule has 0 saturated heterocycles. The van der Waals surface area contributed by atoms with Crippen molar-refractivity contribution >= 4 is 17.5 Å². The molecule has 0 unspecified atom stereocenters. The second kappa shape index (κ2) is 5.18. The monoisotopic (exact) mass is 255 g/mol. The summed E-state index contributed by atoms with van der Waals surface area (Å²) in [5.41, 5.74) is 0.498. The summed E-state index contributed by atoms with van der Waals surface area (Å²) in [7, 11) is 0. The highest BCUT2D eigenvalue weighted by atomic mass is 32.1. The molecule has 1 aromatic carbocycles. The van der Waals surface area contributed by atoms with Crippen LogP contribution in [0.25, 0.3) is 11.3 Å². The fourth-order valence-electron chi connectivity index (χ4n) is 1.40. The molecule has 0 fully saturated rings. The molecule has 90 valence electrons. The number of nitrogens with zero attached hydrogens (tertiary/aromatic N) is 2. The van der Waals surface area contributed by atoms with Gasteiger partial charge < -0.3 is 5.32 Å². The van der Waals surface area contributed by atoms with Gasteiger partial charge in [0.1, 0.15) is 17.3 Å². The SMILES string of the molecule is CCCNc1nsnc1-c1cc(F)ccc1F. The number of hydrogen-bond acceptors (Lipinski definition) is 4. The van der Waals surface area contributed by atoms with Crippen LogP contribution in [0.15, 0.2) is 18.2 Å². The van der Waals surface area contributed by atoms with E-state index in [1.807, 2.05) is 6.92 Å². The summed E-state index contributed by atoms with van der Waals surface area (Å²) in [5, 5.41) is 3.04. The molecule has 1 aromatic heterocycles. The number of nitrogens with one attached hydrogen (secondary N) is 1. The molecule has 2 rings (SSSR count). The van der Waals surface area contributed by atoms with Crippen molar-refractivity contribution in [3.05, 3.63) is 29.8 Å². The van der Waals surface area contributed by atoms with E-state index in [-0.39, 0.29) is 5.56 Å². The number of hydrogen-bond donors (Lipinski definition) is 1. The van der Waals surface area contributed by atoms with E-state index < -0.39 is 11.6 Å². The molecule has 1 N–H and O–H groups in total. The van der Waals surface area contributed by atoms with Crippen molar-refractivity contribution in [2.75, 3.05) is 11.9 Å². The van der Waals surface area contributed by atoms with Crippen molar-refractivity contribution in [3.8, 4) is 11.3 Å². The number of anilines is 1. The highest BCUT2D eigenvalue weighted by Crippen LogP contribution is 2.28. The molecule has 1 heterocycles. The van der Waals surface area contributed by atoms with Crippen LogP contribution in [0.2, 0.25) is 0 Å². The molecular weight excluding hydrogens is 244 g/mol. The summed E-state index contributed by atoms with van der Waals surface area (Å²) in [6, 6.07) is 3.30. The van der Waals surface area contributed by atoms with Gasteiger partial charge in [0.15, 0.2) is 5.82 Å². The van der Waals surface area contributed by atoms with Crippen LogP contribution >= 0.6 is 11.7 Å². The van der Waals surface area contributed by atoms with Gasteiger partial charge in [-0.15, -0.1) is 0 Å². The maximum Gasteiger partial charge on any atom is 0.168 e. The lowest BCUT2D eigenvalue weighted by Gasteiger charge is -2.04. The molecule has 0 aliphatic heterocycles. The first-order chi connectivity index (χ1) is 8.22. The van der Waals surface area contributed by atoms with Gasteiger partial charge in [0, 0.05) is 12.1 Å². The first kappa shape index (κ1) is 11.9. The molecule has 17 heavy (non-hydrogen) atoms. The molecular formula is C11H11F2N3S. The second-order valence-corrected chi connectivity index (χ2v) is 4.04. The largest absolute Gasteiger partial charge is 0.367 e. The lowest BCUT2D eigenvalue weighted by atomic mass is 10.1. The highest BCUT2D eigenvalue weighted by molar-refractivity contribution is 6.99. The zero-order chi connectivity index (χ0) is 12.3. The van der Waals surface area contributed by atoms with Gasteiger partial charge in [-0.2, -0.15) is 8.75 Å². The van der Waals surface area contributed by atoms with Crippen LogP contribution < -0.4 is 5.32 Å². The topological polar surface area (TPSA) is 37.8 Å². The van der Waals surface area contributed by atoms with Crippen LogP contribution in [0.3, 0.4) is 0 Å². The molecule has 0 radical (unpaired) electrons. The van der Waals surface area contributed by atoms with E-state index >= 15 is 0 Å². The Morgan fingerprint density at radius 1 is 1.29 bits per heavy atom. The number of aromatic nitrogens is 2. The molecule has 0 spiro atoms. The lowest BCUT2D eigenvalue weighted by Crippen LogP contribution is -2.01. The predicted molar refractivity (Wildman–Crippen MR) is 64.0 cm³/mol. The molecule has 2 aromatic rings. The van der Waals surface area contributed by atoms with Crippen LogP contribution in [0.4, 0.5) is 14.6 Å². The molecule has 0 bridgehead atoms. The minimum Gasteiger partial charge on any atom is -0.367 e. The standard InChI is InChI=1S/C11H11F2N3S/c1-2-5-14-11-10(15-17-16-11)8-6-7(12)3-4-9(8)13/h3-4,6H,2,5H2,1H3,(H,14,16). The summed E-state index contributed by atoms with van der Waals surface area (Å²) in [6.45, 7) is 2.73. The van der Waals surface area contributed by atoms with Crippen molar-refractivity contribution in [2.24, 2.45) is 0 Å². The van der Waals surface area contributed by atoms with E-state index in [4.69, 9.17) is 0 Å². The number of halogens is 2.